The molecule has 1 aromatic heterocycles. The number of nitriles is 1. The first kappa shape index (κ1) is 22.3. The number of hydrogen-bond acceptors (Lipinski definition) is 4. The van der Waals surface area contributed by atoms with Crippen LogP contribution in [-0.2, 0) is 6.18 Å². The van der Waals surface area contributed by atoms with Crippen molar-refractivity contribution in [1.82, 2.24) is 15.3 Å². The molecule has 3 atom stereocenters. The molecule has 3 unspecified atom stereocenters. The van der Waals surface area contributed by atoms with E-state index >= 15 is 0 Å². The second-order valence-electron chi connectivity index (χ2n) is 8.96. The molecule has 1 aromatic carbocycles. The monoisotopic (exact) mass is 469 g/mol. The molecule has 5 rings (SSSR count). The number of aliphatic imine (C=N–C) groups is 1. The number of fused-ring (bicyclic) bond motifs is 1. The van der Waals surface area contributed by atoms with Gasteiger partial charge < -0.3 is 9.88 Å². The van der Waals surface area contributed by atoms with E-state index in [0.717, 1.165) is 44.5 Å². The van der Waals surface area contributed by atoms with Crippen LogP contribution in [0.1, 0.15) is 36.8 Å². The Bertz CT molecular complexity index is 1240. The summed E-state index contributed by atoms with van der Waals surface area (Å²) in [5, 5.41) is 9.81. The number of halogens is 3. The third-order valence-electron chi connectivity index (χ3n) is 6.89. The second kappa shape index (κ2) is 8.72. The highest BCUT2D eigenvalue weighted by Gasteiger charge is 2.39. The van der Waals surface area contributed by atoms with Crippen molar-refractivity contribution in [1.29, 1.82) is 5.26 Å². The summed E-state index contributed by atoms with van der Waals surface area (Å²) in [6.45, 7) is 2.20. The Morgan fingerprint density at radius 2 is 1.94 bits per heavy atom. The number of benzene rings is 1. The Balaban J connectivity index is 1.43. The van der Waals surface area contributed by atoms with Gasteiger partial charge in [-0.1, -0.05) is 4.68 Å². The summed E-state index contributed by atoms with van der Waals surface area (Å²) in [7, 11) is 0. The smallest absolute Gasteiger partial charge is 0.328 e. The van der Waals surface area contributed by atoms with Crippen molar-refractivity contribution in [3.8, 4) is 6.07 Å². The minimum absolute atomic E-state index is 0.00702. The number of aromatic nitrogens is 1. The number of hydrazone groups is 1. The number of alkyl halides is 3. The third kappa shape index (κ3) is 4.23. The second-order valence-corrected chi connectivity index (χ2v) is 8.96. The van der Waals surface area contributed by atoms with Gasteiger partial charge in [-0.25, -0.2) is 4.99 Å². The molecule has 0 spiro atoms. The van der Waals surface area contributed by atoms with Gasteiger partial charge in [0, 0.05) is 18.3 Å². The van der Waals surface area contributed by atoms with Gasteiger partial charge in [-0.15, -0.1) is 5.43 Å². The van der Waals surface area contributed by atoms with Crippen LogP contribution < -0.4 is 11.0 Å². The number of H-pyrrole nitrogens is 1. The Morgan fingerprint density at radius 1 is 1.18 bits per heavy atom. The van der Waals surface area contributed by atoms with Gasteiger partial charge in [0.1, 0.15) is 0 Å². The van der Waals surface area contributed by atoms with Crippen LogP contribution in [0.5, 0.6) is 0 Å². The summed E-state index contributed by atoms with van der Waals surface area (Å²) in [5.41, 5.74) is 3.17. The fourth-order valence-corrected chi connectivity index (χ4v) is 4.91. The highest BCUT2D eigenvalue weighted by molar-refractivity contribution is 6.04. The quantitative estimate of drug-likeness (QED) is 0.671. The molecular formula is C24H24F3N6O+. The maximum Gasteiger partial charge on any atom is 0.416 e. The summed E-state index contributed by atoms with van der Waals surface area (Å²) in [6.07, 6.45) is 2.96. The Morgan fingerprint density at radius 3 is 2.59 bits per heavy atom. The lowest BCUT2D eigenvalue weighted by molar-refractivity contribution is -0.478. The largest absolute Gasteiger partial charge is 0.416 e. The zero-order valence-corrected chi connectivity index (χ0v) is 18.3. The van der Waals surface area contributed by atoms with Crippen molar-refractivity contribution in [2.45, 2.75) is 37.9 Å². The minimum atomic E-state index is -4.43. The number of aromatic amines is 1. The molecule has 0 bridgehead atoms. The lowest BCUT2D eigenvalue weighted by Crippen LogP contribution is -2.48. The predicted octanol–water partition coefficient (Wildman–Crippen LogP) is 3.72. The van der Waals surface area contributed by atoms with Gasteiger partial charge in [-0.3, -0.25) is 4.79 Å². The normalized spacial score (nSPS) is 27.2. The predicted molar refractivity (Wildman–Crippen MR) is 120 cm³/mol. The van der Waals surface area contributed by atoms with Gasteiger partial charge in [0.05, 0.1) is 29.2 Å². The molecule has 2 fully saturated rings. The zero-order valence-electron chi connectivity index (χ0n) is 18.3. The molecule has 2 aliphatic heterocycles. The molecule has 2 aromatic rings. The molecule has 2 N–H and O–H groups in total. The van der Waals surface area contributed by atoms with Crippen molar-refractivity contribution in [2.24, 2.45) is 16.8 Å². The number of hydrogen-bond donors (Lipinski definition) is 2. The molecular weight excluding hydrogens is 445 g/mol. The van der Waals surface area contributed by atoms with Crippen LogP contribution in [0.4, 0.5) is 24.5 Å². The van der Waals surface area contributed by atoms with Gasteiger partial charge in [0.15, 0.2) is 11.8 Å². The van der Waals surface area contributed by atoms with Crippen LogP contribution in [0.15, 0.2) is 46.3 Å². The van der Waals surface area contributed by atoms with E-state index in [1.54, 1.807) is 10.8 Å². The molecule has 34 heavy (non-hydrogen) atoms. The van der Waals surface area contributed by atoms with Gasteiger partial charge in [-0.05, 0) is 63.0 Å². The lowest BCUT2D eigenvalue weighted by Gasteiger charge is -2.42. The van der Waals surface area contributed by atoms with Crippen LogP contribution in [-0.4, -0.2) is 45.7 Å². The maximum atomic E-state index is 12.9. The fourth-order valence-electron chi connectivity index (χ4n) is 4.91. The average Bonchev–Trinajstić information content (AvgIpc) is 3.11. The van der Waals surface area contributed by atoms with Crippen molar-refractivity contribution >= 4 is 23.4 Å². The molecule has 0 radical (unpaired) electrons. The van der Waals surface area contributed by atoms with E-state index < -0.39 is 11.7 Å². The molecule has 0 amide bonds. The van der Waals surface area contributed by atoms with E-state index in [9.17, 15) is 23.2 Å². The summed E-state index contributed by atoms with van der Waals surface area (Å²) in [6, 6.07) is 9.10. The maximum absolute atomic E-state index is 12.9. The first-order chi connectivity index (χ1) is 16.3. The molecule has 3 heterocycles. The topological polar surface area (TPSA) is 87.3 Å². The van der Waals surface area contributed by atoms with Crippen molar-refractivity contribution in [2.75, 3.05) is 13.1 Å². The van der Waals surface area contributed by atoms with Crippen LogP contribution in [0, 0.1) is 23.2 Å². The van der Waals surface area contributed by atoms with E-state index in [4.69, 9.17) is 0 Å². The van der Waals surface area contributed by atoms with Crippen molar-refractivity contribution in [3.05, 3.63) is 58.0 Å². The zero-order chi connectivity index (χ0) is 23.9. The molecule has 3 aliphatic rings. The van der Waals surface area contributed by atoms with E-state index in [0.29, 0.717) is 17.3 Å². The number of amidine groups is 1. The van der Waals surface area contributed by atoms with Crippen LogP contribution in [0.2, 0.25) is 0 Å². The SMILES string of the molecule is N#CC1CC(N2CCC2)CCC1C=[N+]1NC(=Nc2ccc(C(F)(F)F)cc2)c2c1cc[nH]c2=O. The molecule has 1 aliphatic carbocycles. The number of rotatable bonds is 3. The number of pyridine rings is 1. The summed E-state index contributed by atoms with van der Waals surface area (Å²) in [5.74, 6) is 0.116. The van der Waals surface area contributed by atoms with Crippen molar-refractivity contribution < 1.29 is 17.9 Å². The van der Waals surface area contributed by atoms with Gasteiger partial charge in [0.2, 0.25) is 5.84 Å². The van der Waals surface area contributed by atoms with Crippen molar-refractivity contribution in [3.63, 3.8) is 0 Å². The summed E-state index contributed by atoms with van der Waals surface area (Å²) in [4.78, 5) is 22.1. The first-order valence-electron chi connectivity index (χ1n) is 11.4. The number of hydrazine groups is 1. The highest BCUT2D eigenvalue weighted by atomic mass is 19.4. The molecule has 176 valence electrons. The van der Waals surface area contributed by atoms with Gasteiger partial charge >= 0.3 is 6.18 Å². The van der Waals surface area contributed by atoms with E-state index in [2.05, 4.69) is 26.4 Å². The van der Waals surface area contributed by atoms with E-state index in [-0.39, 0.29) is 28.9 Å². The number of likely N-dealkylation sites (tertiary alicyclic amines) is 1. The standard InChI is InChI=1S/C24H23F3N6O/c25-24(26,27)17-3-5-18(6-4-17)30-22-21-20(8-9-29-23(21)34)33(31-22)14-15-2-7-19(12-16(15)13-28)32-10-1-11-32/h3-6,8-9,14-16,19H,1-2,7,10-12H2,(H-,29,30,31,34)/p+1. The first-order valence-corrected chi connectivity index (χ1v) is 11.4. The van der Waals surface area contributed by atoms with E-state index in [1.165, 1.54) is 24.8 Å². The summed E-state index contributed by atoms with van der Waals surface area (Å²) < 4.78 is 40.3. The molecule has 1 saturated heterocycles. The lowest BCUT2D eigenvalue weighted by atomic mass is 9.77. The highest BCUT2D eigenvalue weighted by Crippen LogP contribution is 2.34. The minimum Gasteiger partial charge on any atom is -0.328 e. The third-order valence-corrected chi connectivity index (χ3v) is 6.89. The Kier molecular flexibility index (Phi) is 5.73. The van der Waals surface area contributed by atoms with E-state index in [1.807, 2.05) is 6.21 Å². The van der Waals surface area contributed by atoms with Gasteiger partial charge in [0.25, 0.3) is 11.2 Å². The summed E-state index contributed by atoms with van der Waals surface area (Å²) >= 11 is 0. The average molecular weight is 469 g/mol. The Hall–Kier alpha value is -3.45. The Labute approximate surface area is 194 Å². The van der Waals surface area contributed by atoms with Crippen LogP contribution in [0.3, 0.4) is 0 Å². The number of nitrogens with one attached hydrogen (secondary N) is 2. The molecule has 7 nitrogen and oxygen atoms in total. The van der Waals surface area contributed by atoms with Gasteiger partial charge in [-0.2, -0.15) is 18.4 Å². The van der Waals surface area contributed by atoms with Crippen LogP contribution >= 0.6 is 0 Å². The van der Waals surface area contributed by atoms with Crippen LogP contribution in [0.25, 0.3) is 0 Å². The molecule has 1 saturated carbocycles. The molecule has 10 heteroatoms. The number of nitrogens with zero attached hydrogens (tertiary/aromatic N) is 4. The fraction of sp³-hybridized carbons (Fsp3) is 0.417.